The van der Waals surface area contributed by atoms with Crippen LogP contribution in [-0.4, -0.2) is 30.5 Å². The monoisotopic (exact) mass is 385 g/mol. The standard InChI is InChI=1S/C20H19NO5S/c1-3-24-20(23)14-5-7-18-15(9-14)21(19(22)12(2)27-18)10-13-4-6-16-17(8-13)26-11-25-16/h4-9,12H,3,10-11H2,1-2H3. The highest BCUT2D eigenvalue weighted by Gasteiger charge is 2.31. The lowest BCUT2D eigenvalue weighted by atomic mass is 10.1. The third-order valence-corrected chi connectivity index (χ3v) is 5.61. The number of nitrogens with zero attached hydrogens (tertiary/aromatic N) is 1. The molecular weight excluding hydrogens is 366 g/mol. The molecule has 0 radical (unpaired) electrons. The molecule has 2 aromatic rings. The summed E-state index contributed by atoms with van der Waals surface area (Å²) in [7, 11) is 0. The Morgan fingerprint density at radius 1 is 1.22 bits per heavy atom. The number of carbonyl (C=O) groups is 2. The topological polar surface area (TPSA) is 65.1 Å². The van der Waals surface area contributed by atoms with Crippen LogP contribution in [0.2, 0.25) is 0 Å². The number of rotatable bonds is 4. The predicted molar refractivity (Wildman–Crippen MR) is 101 cm³/mol. The second kappa shape index (κ2) is 7.15. The number of fused-ring (bicyclic) bond motifs is 2. The summed E-state index contributed by atoms with van der Waals surface area (Å²) in [5.41, 5.74) is 2.10. The molecule has 2 aromatic carbocycles. The van der Waals surface area contributed by atoms with Gasteiger partial charge in [-0.3, -0.25) is 4.79 Å². The predicted octanol–water partition coefficient (Wildman–Crippen LogP) is 3.62. The first-order chi connectivity index (χ1) is 13.1. The van der Waals surface area contributed by atoms with Gasteiger partial charge in [0.2, 0.25) is 12.7 Å². The van der Waals surface area contributed by atoms with Crippen LogP contribution in [0.3, 0.4) is 0 Å². The molecule has 0 saturated carbocycles. The molecule has 2 aliphatic rings. The van der Waals surface area contributed by atoms with Gasteiger partial charge < -0.3 is 19.1 Å². The zero-order chi connectivity index (χ0) is 19.0. The summed E-state index contributed by atoms with van der Waals surface area (Å²) >= 11 is 1.50. The number of esters is 1. The zero-order valence-corrected chi connectivity index (χ0v) is 15.9. The van der Waals surface area contributed by atoms with Crippen molar-refractivity contribution in [1.29, 1.82) is 0 Å². The fraction of sp³-hybridized carbons (Fsp3) is 0.300. The molecule has 27 heavy (non-hydrogen) atoms. The minimum Gasteiger partial charge on any atom is -0.462 e. The third-order valence-electron chi connectivity index (χ3n) is 4.46. The minimum atomic E-state index is -0.389. The third kappa shape index (κ3) is 3.35. The Kier molecular flexibility index (Phi) is 4.70. The average molecular weight is 385 g/mol. The highest BCUT2D eigenvalue weighted by atomic mass is 32.2. The van der Waals surface area contributed by atoms with E-state index >= 15 is 0 Å². The van der Waals surface area contributed by atoms with Crippen molar-refractivity contribution >= 4 is 29.3 Å². The van der Waals surface area contributed by atoms with Crippen LogP contribution in [0.15, 0.2) is 41.3 Å². The van der Waals surface area contributed by atoms with Gasteiger partial charge in [-0.15, -0.1) is 11.8 Å². The summed E-state index contributed by atoms with van der Waals surface area (Å²) < 4.78 is 15.9. The van der Waals surface area contributed by atoms with Gasteiger partial charge in [0.25, 0.3) is 0 Å². The molecule has 0 aromatic heterocycles. The van der Waals surface area contributed by atoms with Gasteiger partial charge in [0.05, 0.1) is 29.7 Å². The van der Waals surface area contributed by atoms with Crippen molar-refractivity contribution in [3.8, 4) is 11.5 Å². The Bertz CT molecular complexity index is 913. The van der Waals surface area contributed by atoms with Gasteiger partial charge in [0.15, 0.2) is 11.5 Å². The second-order valence-corrected chi connectivity index (χ2v) is 7.66. The number of hydrogen-bond donors (Lipinski definition) is 0. The van der Waals surface area contributed by atoms with E-state index in [0.717, 1.165) is 16.1 Å². The first-order valence-corrected chi connectivity index (χ1v) is 9.62. The fourth-order valence-electron chi connectivity index (χ4n) is 3.13. The molecule has 7 heteroatoms. The summed E-state index contributed by atoms with van der Waals surface area (Å²) in [6, 6.07) is 11.0. The van der Waals surface area contributed by atoms with Gasteiger partial charge in [-0.1, -0.05) is 6.07 Å². The van der Waals surface area contributed by atoms with E-state index in [1.807, 2.05) is 31.2 Å². The van der Waals surface area contributed by atoms with E-state index in [9.17, 15) is 9.59 Å². The van der Waals surface area contributed by atoms with Crippen molar-refractivity contribution in [3.05, 3.63) is 47.5 Å². The van der Waals surface area contributed by atoms with Crippen LogP contribution in [0.1, 0.15) is 29.8 Å². The molecule has 0 spiro atoms. The number of anilines is 1. The highest BCUT2D eigenvalue weighted by Crippen LogP contribution is 2.41. The Morgan fingerprint density at radius 2 is 2.04 bits per heavy atom. The van der Waals surface area contributed by atoms with Gasteiger partial charge in [-0.05, 0) is 49.7 Å². The van der Waals surface area contributed by atoms with Crippen LogP contribution in [-0.2, 0) is 16.1 Å². The van der Waals surface area contributed by atoms with Crippen molar-refractivity contribution in [2.45, 2.75) is 30.5 Å². The largest absolute Gasteiger partial charge is 0.462 e. The molecule has 2 heterocycles. The van der Waals surface area contributed by atoms with Crippen molar-refractivity contribution in [1.82, 2.24) is 0 Å². The maximum atomic E-state index is 12.9. The van der Waals surface area contributed by atoms with Crippen molar-refractivity contribution in [2.75, 3.05) is 18.3 Å². The molecule has 1 unspecified atom stereocenters. The number of amides is 1. The van der Waals surface area contributed by atoms with Gasteiger partial charge in [0, 0.05) is 4.90 Å². The van der Waals surface area contributed by atoms with E-state index < -0.39 is 0 Å². The highest BCUT2D eigenvalue weighted by molar-refractivity contribution is 8.00. The fourth-order valence-corrected chi connectivity index (χ4v) is 4.18. The molecule has 1 atom stereocenters. The lowest BCUT2D eigenvalue weighted by molar-refractivity contribution is -0.118. The van der Waals surface area contributed by atoms with Crippen molar-refractivity contribution in [3.63, 3.8) is 0 Å². The molecule has 1 amide bonds. The van der Waals surface area contributed by atoms with E-state index in [4.69, 9.17) is 14.2 Å². The van der Waals surface area contributed by atoms with Crippen molar-refractivity contribution < 1.29 is 23.8 Å². The smallest absolute Gasteiger partial charge is 0.338 e. The first-order valence-electron chi connectivity index (χ1n) is 8.74. The van der Waals surface area contributed by atoms with Crippen LogP contribution < -0.4 is 14.4 Å². The molecule has 4 rings (SSSR count). The quantitative estimate of drug-likeness (QED) is 0.749. The molecule has 0 saturated heterocycles. The molecule has 2 aliphatic heterocycles. The number of thioether (sulfide) groups is 1. The number of hydrogen-bond acceptors (Lipinski definition) is 6. The van der Waals surface area contributed by atoms with Crippen LogP contribution in [0.25, 0.3) is 0 Å². The molecule has 0 fully saturated rings. The SMILES string of the molecule is CCOC(=O)c1ccc2c(c1)N(Cc1ccc3c(c1)OCO3)C(=O)C(C)S2. The van der Waals surface area contributed by atoms with E-state index in [-0.39, 0.29) is 23.9 Å². The molecule has 140 valence electrons. The Hall–Kier alpha value is -2.67. The Balaban J connectivity index is 1.68. The summed E-state index contributed by atoms with van der Waals surface area (Å²) in [6.07, 6.45) is 0. The van der Waals surface area contributed by atoms with Crippen molar-refractivity contribution in [2.24, 2.45) is 0 Å². The second-order valence-electron chi connectivity index (χ2n) is 6.28. The Morgan fingerprint density at radius 3 is 2.85 bits per heavy atom. The number of carbonyl (C=O) groups excluding carboxylic acids is 2. The Labute approximate surface area is 161 Å². The van der Waals surface area contributed by atoms with Gasteiger partial charge in [-0.25, -0.2) is 4.79 Å². The average Bonchev–Trinajstić information content (AvgIpc) is 3.13. The van der Waals surface area contributed by atoms with E-state index in [2.05, 4.69) is 0 Å². The van der Waals surface area contributed by atoms with Gasteiger partial charge >= 0.3 is 5.97 Å². The minimum absolute atomic E-state index is 0.00572. The van der Waals surface area contributed by atoms with Crippen LogP contribution in [0, 0.1) is 0 Å². The zero-order valence-electron chi connectivity index (χ0n) is 15.1. The maximum Gasteiger partial charge on any atom is 0.338 e. The summed E-state index contributed by atoms with van der Waals surface area (Å²) in [5.74, 6) is 1.00. The van der Waals surface area contributed by atoms with E-state index in [1.165, 1.54) is 11.8 Å². The molecule has 0 bridgehead atoms. The molecular formula is C20H19NO5S. The summed E-state index contributed by atoms with van der Waals surface area (Å²) in [5, 5.41) is -0.194. The van der Waals surface area contributed by atoms with E-state index in [0.29, 0.717) is 30.2 Å². The molecule has 6 nitrogen and oxygen atoms in total. The van der Waals surface area contributed by atoms with Gasteiger partial charge in [-0.2, -0.15) is 0 Å². The van der Waals surface area contributed by atoms with E-state index in [1.54, 1.807) is 24.0 Å². The lowest BCUT2D eigenvalue weighted by Crippen LogP contribution is -2.39. The number of benzene rings is 2. The normalized spacial score (nSPS) is 17.6. The lowest BCUT2D eigenvalue weighted by Gasteiger charge is -2.32. The van der Waals surface area contributed by atoms with Crippen LogP contribution in [0.4, 0.5) is 5.69 Å². The molecule has 0 aliphatic carbocycles. The van der Waals surface area contributed by atoms with Crippen LogP contribution >= 0.6 is 11.8 Å². The number of ether oxygens (including phenoxy) is 3. The molecule has 0 N–H and O–H groups in total. The van der Waals surface area contributed by atoms with Crippen LogP contribution in [0.5, 0.6) is 11.5 Å². The van der Waals surface area contributed by atoms with Gasteiger partial charge in [0.1, 0.15) is 0 Å². The summed E-state index contributed by atoms with van der Waals surface area (Å²) in [4.78, 5) is 27.7. The maximum absolute atomic E-state index is 12.9. The first kappa shape index (κ1) is 17.7. The summed E-state index contributed by atoms with van der Waals surface area (Å²) in [6.45, 7) is 4.56.